The highest BCUT2D eigenvalue weighted by Crippen LogP contribution is 2.40. The Morgan fingerprint density at radius 3 is 1.94 bits per heavy atom. The number of nitriles is 1. The summed E-state index contributed by atoms with van der Waals surface area (Å²) < 4.78 is 9.24. The summed E-state index contributed by atoms with van der Waals surface area (Å²) in [4.78, 5) is 25.8. The number of carbonyl (C=O) groups excluding carboxylic acids is 2. The van der Waals surface area contributed by atoms with E-state index in [9.17, 15) is 9.59 Å². The fourth-order valence-corrected chi connectivity index (χ4v) is 4.55. The molecule has 4 aromatic rings. The number of aryl methyl sites for hydroxylation is 2. The van der Waals surface area contributed by atoms with Crippen molar-refractivity contribution in [3.63, 3.8) is 0 Å². The largest absolute Gasteiger partial charge is 0.386 e. The first kappa shape index (κ1) is 19.8. The van der Waals surface area contributed by atoms with Crippen LogP contribution in [0.15, 0.2) is 60.9 Å². The number of para-hydroxylation sites is 2. The lowest BCUT2D eigenvalue weighted by Crippen LogP contribution is -2.02. The van der Waals surface area contributed by atoms with E-state index in [1.54, 1.807) is 0 Å². The van der Waals surface area contributed by atoms with E-state index in [2.05, 4.69) is 10.6 Å². The predicted octanol–water partition coefficient (Wildman–Crippen LogP) is 4.91. The molecule has 0 atom stereocenters. The minimum Gasteiger partial charge on any atom is -0.386 e. The molecule has 2 aromatic carbocycles. The average molecular weight is 423 g/mol. The number of ether oxygens (including phenoxy) is 1. The Morgan fingerprint density at radius 2 is 1.38 bits per heavy atom. The van der Waals surface area contributed by atoms with Gasteiger partial charge in [-0.1, -0.05) is 36.4 Å². The van der Waals surface area contributed by atoms with E-state index >= 15 is 0 Å². The molecule has 0 bridgehead atoms. The van der Waals surface area contributed by atoms with Crippen molar-refractivity contribution in [3.8, 4) is 6.07 Å². The van der Waals surface area contributed by atoms with Crippen LogP contribution in [-0.4, -0.2) is 21.1 Å². The Balaban J connectivity index is 1.77. The number of rotatable bonds is 6. The van der Waals surface area contributed by atoms with Crippen molar-refractivity contribution >= 4 is 44.9 Å². The Bertz CT molecular complexity index is 1460. The highest BCUT2D eigenvalue weighted by atomic mass is 16.6. The molecule has 0 aliphatic carbocycles. The second-order valence-corrected chi connectivity index (χ2v) is 7.79. The molecule has 32 heavy (non-hydrogen) atoms. The molecule has 3 heterocycles. The van der Waals surface area contributed by atoms with Crippen LogP contribution in [0.25, 0.3) is 33.0 Å². The van der Waals surface area contributed by atoms with Gasteiger partial charge in [0.25, 0.3) is 0 Å². The maximum absolute atomic E-state index is 12.9. The van der Waals surface area contributed by atoms with Crippen LogP contribution in [0.3, 0.4) is 0 Å². The van der Waals surface area contributed by atoms with Crippen molar-refractivity contribution < 1.29 is 14.3 Å². The number of nitrogens with zero attached hydrogens (tertiary/aromatic N) is 3. The SMILES string of the molecule is CCn1cc(C2=C(c3cn(CCCC#N)c4ccccc34)C(=O)OC2=O)c2ccccc21. The molecular formula is C26H21N3O3. The third kappa shape index (κ3) is 3.02. The van der Waals surface area contributed by atoms with Gasteiger partial charge in [-0.2, -0.15) is 5.26 Å². The van der Waals surface area contributed by atoms with Crippen molar-refractivity contribution in [1.82, 2.24) is 9.13 Å². The molecule has 0 saturated carbocycles. The van der Waals surface area contributed by atoms with Gasteiger partial charge in [-0.25, -0.2) is 9.59 Å². The van der Waals surface area contributed by atoms with Gasteiger partial charge in [0.2, 0.25) is 0 Å². The topological polar surface area (TPSA) is 77.0 Å². The third-order valence-electron chi connectivity index (χ3n) is 5.99. The summed E-state index contributed by atoms with van der Waals surface area (Å²) in [6.07, 6.45) is 4.98. The lowest BCUT2D eigenvalue weighted by Gasteiger charge is -2.02. The number of esters is 2. The van der Waals surface area contributed by atoms with Gasteiger partial charge in [-0.3, -0.25) is 0 Å². The van der Waals surface area contributed by atoms with Gasteiger partial charge in [0, 0.05) is 64.8 Å². The summed E-state index contributed by atoms with van der Waals surface area (Å²) in [5.41, 5.74) is 3.94. The molecular weight excluding hydrogens is 402 g/mol. The molecule has 0 radical (unpaired) electrons. The number of hydrogen-bond acceptors (Lipinski definition) is 4. The van der Waals surface area contributed by atoms with Gasteiger partial charge in [0.1, 0.15) is 0 Å². The van der Waals surface area contributed by atoms with Crippen LogP contribution in [0, 0.1) is 11.3 Å². The number of hydrogen-bond donors (Lipinski definition) is 0. The van der Waals surface area contributed by atoms with Gasteiger partial charge in [0.05, 0.1) is 17.2 Å². The lowest BCUT2D eigenvalue weighted by molar-refractivity contribution is -0.149. The van der Waals surface area contributed by atoms with Crippen molar-refractivity contribution in [2.45, 2.75) is 32.9 Å². The molecule has 0 spiro atoms. The zero-order valence-electron chi connectivity index (χ0n) is 17.7. The van der Waals surface area contributed by atoms with Crippen molar-refractivity contribution in [2.75, 3.05) is 0 Å². The van der Waals surface area contributed by atoms with Gasteiger partial charge < -0.3 is 13.9 Å². The molecule has 0 fully saturated rings. The van der Waals surface area contributed by atoms with Gasteiger partial charge in [-0.05, 0) is 25.5 Å². The molecule has 2 aromatic heterocycles. The van der Waals surface area contributed by atoms with E-state index in [0.717, 1.165) is 28.4 Å². The number of cyclic esters (lactones) is 2. The maximum atomic E-state index is 12.9. The molecule has 0 amide bonds. The van der Waals surface area contributed by atoms with E-state index in [-0.39, 0.29) is 0 Å². The van der Waals surface area contributed by atoms with Crippen molar-refractivity contribution in [2.24, 2.45) is 0 Å². The molecule has 0 unspecified atom stereocenters. The van der Waals surface area contributed by atoms with Crippen molar-refractivity contribution in [1.29, 1.82) is 5.26 Å². The summed E-state index contributed by atoms with van der Waals surface area (Å²) in [5, 5.41) is 10.7. The summed E-state index contributed by atoms with van der Waals surface area (Å²) >= 11 is 0. The molecule has 158 valence electrons. The fraction of sp³-hybridized carbons (Fsp3) is 0.192. The molecule has 5 rings (SSSR count). The predicted molar refractivity (Wildman–Crippen MR) is 122 cm³/mol. The number of fused-ring (bicyclic) bond motifs is 2. The third-order valence-corrected chi connectivity index (χ3v) is 5.99. The Morgan fingerprint density at radius 1 is 0.844 bits per heavy atom. The molecule has 6 heteroatoms. The number of carbonyl (C=O) groups is 2. The summed E-state index contributed by atoms with van der Waals surface area (Å²) in [5.74, 6) is -1.25. The maximum Gasteiger partial charge on any atom is 0.347 e. The van der Waals surface area contributed by atoms with Crippen LogP contribution in [-0.2, 0) is 27.4 Å². The first-order valence-electron chi connectivity index (χ1n) is 10.7. The highest BCUT2D eigenvalue weighted by molar-refractivity contribution is 6.46. The monoisotopic (exact) mass is 423 g/mol. The second-order valence-electron chi connectivity index (χ2n) is 7.79. The van der Waals surface area contributed by atoms with E-state index in [1.807, 2.05) is 72.4 Å². The molecule has 0 N–H and O–H groups in total. The lowest BCUT2D eigenvalue weighted by atomic mass is 9.95. The second kappa shape index (κ2) is 7.86. The van der Waals surface area contributed by atoms with Crippen molar-refractivity contribution in [3.05, 3.63) is 72.1 Å². The molecule has 1 aliphatic heterocycles. The fourth-order valence-electron chi connectivity index (χ4n) is 4.55. The Kier molecular flexibility index (Phi) is 4.87. The van der Waals surface area contributed by atoms with Gasteiger partial charge >= 0.3 is 11.9 Å². The van der Waals surface area contributed by atoms with Gasteiger partial charge in [-0.15, -0.1) is 0 Å². The number of aromatic nitrogens is 2. The minimum atomic E-state index is -0.627. The Labute approximate surface area is 184 Å². The average Bonchev–Trinajstić information content (AvgIpc) is 3.44. The summed E-state index contributed by atoms with van der Waals surface area (Å²) in [7, 11) is 0. The van der Waals surface area contributed by atoms with Crippen LogP contribution in [0.2, 0.25) is 0 Å². The number of unbranched alkanes of at least 4 members (excludes halogenated alkanes) is 1. The first-order chi connectivity index (χ1) is 15.6. The van der Waals surface area contributed by atoms with Crippen LogP contribution >= 0.6 is 0 Å². The summed E-state index contributed by atoms with van der Waals surface area (Å²) in [6, 6.07) is 17.8. The van der Waals surface area contributed by atoms with E-state index in [4.69, 9.17) is 10.00 Å². The van der Waals surface area contributed by atoms with E-state index < -0.39 is 11.9 Å². The van der Waals surface area contributed by atoms with Crippen LogP contribution in [0.4, 0.5) is 0 Å². The van der Waals surface area contributed by atoms with E-state index in [0.29, 0.717) is 41.7 Å². The number of benzene rings is 2. The van der Waals surface area contributed by atoms with Crippen LogP contribution in [0.1, 0.15) is 30.9 Å². The van der Waals surface area contributed by atoms with Crippen LogP contribution in [0.5, 0.6) is 0 Å². The highest BCUT2D eigenvalue weighted by Gasteiger charge is 2.37. The first-order valence-corrected chi connectivity index (χ1v) is 10.7. The normalized spacial score (nSPS) is 13.9. The smallest absolute Gasteiger partial charge is 0.347 e. The molecule has 0 saturated heterocycles. The minimum absolute atomic E-state index is 0.296. The van der Waals surface area contributed by atoms with Crippen LogP contribution < -0.4 is 0 Å². The van der Waals surface area contributed by atoms with Gasteiger partial charge in [0.15, 0.2) is 0 Å². The zero-order valence-corrected chi connectivity index (χ0v) is 17.7. The molecule has 1 aliphatic rings. The summed E-state index contributed by atoms with van der Waals surface area (Å²) in [6.45, 7) is 3.43. The Hall–Kier alpha value is -4.11. The zero-order chi connectivity index (χ0) is 22.2. The quantitative estimate of drug-likeness (QED) is 0.251. The standard InChI is InChI=1S/C26H21N3O3/c1-2-28-15-19(17-9-3-5-11-21(17)28)23-24(26(31)32-25(23)30)20-16-29(14-8-7-13-27)22-12-6-4-10-18(20)22/h3-6,9-12,15-16H,2,7-8,14H2,1H3. The molecule has 6 nitrogen and oxygen atoms in total. The van der Waals surface area contributed by atoms with E-state index in [1.165, 1.54) is 0 Å².